The molecule has 6 heteroatoms. The minimum atomic E-state index is 0.904. The van der Waals surface area contributed by atoms with E-state index in [1.807, 2.05) is 13.1 Å². The first-order valence-electron chi connectivity index (χ1n) is 9.36. The first kappa shape index (κ1) is 18.1. The van der Waals surface area contributed by atoms with Crippen LogP contribution in [0.2, 0.25) is 0 Å². The van der Waals surface area contributed by atoms with Gasteiger partial charge < -0.3 is 15.5 Å². The summed E-state index contributed by atoms with van der Waals surface area (Å²) in [7, 11) is 1.84. The van der Waals surface area contributed by atoms with E-state index in [1.165, 1.54) is 42.1 Å². The Morgan fingerprint density at radius 3 is 2.76 bits per heavy atom. The smallest absolute Gasteiger partial charge is 0.191 e. The number of hydrogen-bond acceptors (Lipinski definition) is 4. The van der Waals surface area contributed by atoms with Crippen LogP contribution in [0.5, 0.6) is 0 Å². The summed E-state index contributed by atoms with van der Waals surface area (Å²) in [5.74, 6) is 0.904. The van der Waals surface area contributed by atoms with Gasteiger partial charge in [-0.15, -0.1) is 11.3 Å². The van der Waals surface area contributed by atoms with Crippen molar-refractivity contribution in [1.29, 1.82) is 0 Å². The highest BCUT2D eigenvalue weighted by molar-refractivity contribution is 7.18. The zero-order valence-corrected chi connectivity index (χ0v) is 15.9. The van der Waals surface area contributed by atoms with E-state index in [2.05, 4.69) is 38.7 Å². The molecule has 25 heavy (non-hydrogen) atoms. The molecule has 0 saturated carbocycles. The van der Waals surface area contributed by atoms with Gasteiger partial charge in [-0.2, -0.15) is 0 Å². The SMILES string of the molecule is CN=C(NCCCc1nc2ccccc2s1)NCCN1CCCCC1. The third-order valence-electron chi connectivity index (χ3n) is 4.59. The average molecular weight is 360 g/mol. The monoisotopic (exact) mass is 359 g/mol. The Morgan fingerprint density at radius 2 is 1.96 bits per heavy atom. The zero-order chi connectivity index (χ0) is 17.3. The molecular formula is C19H29N5S. The van der Waals surface area contributed by atoms with Crippen molar-refractivity contribution in [2.45, 2.75) is 32.1 Å². The lowest BCUT2D eigenvalue weighted by Crippen LogP contribution is -2.42. The van der Waals surface area contributed by atoms with Gasteiger partial charge in [0, 0.05) is 33.1 Å². The van der Waals surface area contributed by atoms with E-state index in [9.17, 15) is 0 Å². The van der Waals surface area contributed by atoms with E-state index >= 15 is 0 Å². The van der Waals surface area contributed by atoms with Gasteiger partial charge in [0.15, 0.2) is 5.96 Å². The normalized spacial score (nSPS) is 16.3. The summed E-state index contributed by atoms with van der Waals surface area (Å²) in [6.07, 6.45) is 6.16. The Balaban J connectivity index is 1.32. The minimum Gasteiger partial charge on any atom is -0.356 e. The number of nitrogens with zero attached hydrogens (tertiary/aromatic N) is 3. The number of aryl methyl sites for hydroxylation is 1. The maximum atomic E-state index is 4.69. The van der Waals surface area contributed by atoms with Crippen LogP contribution < -0.4 is 10.6 Å². The van der Waals surface area contributed by atoms with Crippen molar-refractivity contribution in [3.05, 3.63) is 29.3 Å². The molecule has 0 bridgehead atoms. The number of piperidine rings is 1. The van der Waals surface area contributed by atoms with Gasteiger partial charge in [-0.25, -0.2) is 4.98 Å². The van der Waals surface area contributed by atoms with Crippen molar-refractivity contribution in [2.75, 3.05) is 39.8 Å². The molecule has 1 fully saturated rings. The van der Waals surface area contributed by atoms with Crippen LogP contribution in [-0.4, -0.2) is 55.6 Å². The van der Waals surface area contributed by atoms with Gasteiger partial charge in [0.2, 0.25) is 0 Å². The topological polar surface area (TPSA) is 52.6 Å². The summed E-state index contributed by atoms with van der Waals surface area (Å²) in [6.45, 7) is 5.47. The van der Waals surface area contributed by atoms with E-state index in [1.54, 1.807) is 11.3 Å². The van der Waals surface area contributed by atoms with Crippen LogP contribution >= 0.6 is 11.3 Å². The molecule has 1 saturated heterocycles. The van der Waals surface area contributed by atoms with E-state index in [0.717, 1.165) is 44.0 Å². The van der Waals surface area contributed by atoms with Crippen molar-refractivity contribution in [3.63, 3.8) is 0 Å². The Bertz CT molecular complexity index is 642. The molecule has 0 radical (unpaired) electrons. The maximum Gasteiger partial charge on any atom is 0.191 e. The second-order valence-corrected chi connectivity index (χ2v) is 7.62. The Labute approximate surface area is 154 Å². The second kappa shape index (κ2) is 9.73. The first-order chi connectivity index (χ1) is 12.3. The summed E-state index contributed by atoms with van der Waals surface area (Å²) in [5.41, 5.74) is 1.12. The van der Waals surface area contributed by atoms with Gasteiger partial charge in [0.25, 0.3) is 0 Å². The number of aromatic nitrogens is 1. The molecule has 0 unspecified atom stereocenters. The summed E-state index contributed by atoms with van der Waals surface area (Å²) >= 11 is 1.80. The van der Waals surface area contributed by atoms with Crippen molar-refractivity contribution in [2.24, 2.45) is 4.99 Å². The zero-order valence-electron chi connectivity index (χ0n) is 15.1. The summed E-state index contributed by atoms with van der Waals surface area (Å²) in [4.78, 5) is 11.5. The summed E-state index contributed by atoms with van der Waals surface area (Å²) in [6, 6.07) is 8.35. The molecule has 2 aromatic rings. The molecule has 0 amide bonds. The van der Waals surface area contributed by atoms with Gasteiger partial charge in [-0.3, -0.25) is 4.99 Å². The van der Waals surface area contributed by atoms with E-state index in [4.69, 9.17) is 4.98 Å². The number of aliphatic imine (C=N–C) groups is 1. The molecule has 1 aliphatic heterocycles. The molecular weight excluding hydrogens is 330 g/mol. The molecule has 0 atom stereocenters. The maximum absolute atomic E-state index is 4.69. The van der Waals surface area contributed by atoms with E-state index in [0.29, 0.717) is 0 Å². The van der Waals surface area contributed by atoms with Crippen molar-refractivity contribution in [1.82, 2.24) is 20.5 Å². The van der Waals surface area contributed by atoms with Gasteiger partial charge >= 0.3 is 0 Å². The molecule has 1 aliphatic rings. The van der Waals surface area contributed by atoms with Crippen molar-refractivity contribution < 1.29 is 0 Å². The highest BCUT2D eigenvalue weighted by Crippen LogP contribution is 2.22. The lowest BCUT2D eigenvalue weighted by atomic mass is 10.1. The quantitative estimate of drug-likeness (QED) is 0.453. The molecule has 0 spiro atoms. The number of para-hydroxylation sites is 1. The molecule has 2 heterocycles. The fraction of sp³-hybridized carbons (Fsp3) is 0.579. The highest BCUT2D eigenvalue weighted by atomic mass is 32.1. The van der Waals surface area contributed by atoms with Crippen LogP contribution in [0, 0.1) is 0 Å². The second-order valence-electron chi connectivity index (χ2n) is 6.51. The van der Waals surface area contributed by atoms with Gasteiger partial charge in [0.05, 0.1) is 15.2 Å². The minimum absolute atomic E-state index is 0.904. The van der Waals surface area contributed by atoms with Crippen LogP contribution in [0.1, 0.15) is 30.7 Å². The van der Waals surface area contributed by atoms with Crippen LogP contribution in [0.4, 0.5) is 0 Å². The molecule has 5 nitrogen and oxygen atoms in total. The molecule has 3 rings (SSSR count). The summed E-state index contributed by atoms with van der Waals surface area (Å²) < 4.78 is 1.28. The number of hydrogen-bond donors (Lipinski definition) is 2. The molecule has 1 aromatic heterocycles. The van der Waals surface area contributed by atoms with Crippen molar-refractivity contribution in [3.8, 4) is 0 Å². The third kappa shape index (κ3) is 5.68. The highest BCUT2D eigenvalue weighted by Gasteiger charge is 2.09. The van der Waals surface area contributed by atoms with Crippen LogP contribution in [0.15, 0.2) is 29.3 Å². The van der Waals surface area contributed by atoms with Crippen LogP contribution in [-0.2, 0) is 6.42 Å². The number of guanidine groups is 1. The fourth-order valence-corrected chi connectivity index (χ4v) is 4.22. The van der Waals surface area contributed by atoms with E-state index < -0.39 is 0 Å². The Kier molecular flexibility index (Phi) is 7.06. The van der Waals surface area contributed by atoms with Gasteiger partial charge in [-0.05, 0) is 44.5 Å². The Morgan fingerprint density at radius 1 is 1.16 bits per heavy atom. The molecule has 1 aromatic carbocycles. The molecule has 0 aliphatic carbocycles. The van der Waals surface area contributed by atoms with Gasteiger partial charge in [0.1, 0.15) is 0 Å². The van der Waals surface area contributed by atoms with E-state index in [-0.39, 0.29) is 0 Å². The number of thiazole rings is 1. The predicted octanol–water partition coefficient (Wildman–Crippen LogP) is 2.88. The molecule has 2 N–H and O–H groups in total. The number of nitrogens with one attached hydrogen (secondary N) is 2. The number of fused-ring (bicyclic) bond motifs is 1. The van der Waals surface area contributed by atoms with Gasteiger partial charge in [-0.1, -0.05) is 18.6 Å². The number of likely N-dealkylation sites (tertiary alicyclic amines) is 1. The number of benzene rings is 1. The number of rotatable bonds is 7. The summed E-state index contributed by atoms with van der Waals surface area (Å²) in [5, 5.41) is 8.05. The predicted molar refractivity (Wildman–Crippen MR) is 108 cm³/mol. The first-order valence-corrected chi connectivity index (χ1v) is 10.2. The lowest BCUT2D eigenvalue weighted by molar-refractivity contribution is 0.232. The standard InChI is InChI=1S/C19H29N5S/c1-20-19(22-12-15-24-13-5-2-6-14-24)21-11-7-10-18-23-16-8-3-4-9-17(16)25-18/h3-4,8-9H,2,5-7,10-15H2,1H3,(H2,20,21,22). The fourth-order valence-electron chi connectivity index (χ4n) is 3.21. The van der Waals surface area contributed by atoms with Crippen LogP contribution in [0.25, 0.3) is 10.2 Å². The third-order valence-corrected chi connectivity index (χ3v) is 5.69. The average Bonchev–Trinajstić information content (AvgIpc) is 3.07. The van der Waals surface area contributed by atoms with Crippen LogP contribution in [0.3, 0.4) is 0 Å². The lowest BCUT2D eigenvalue weighted by Gasteiger charge is -2.26. The van der Waals surface area contributed by atoms with Crippen molar-refractivity contribution >= 4 is 27.5 Å². The largest absolute Gasteiger partial charge is 0.356 e. The Hall–Kier alpha value is -1.66. The molecule has 136 valence electrons.